The highest BCUT2D eigenvalue weighted by molar-refractivity contribution is 8.00. The molecule has 0 fully saturated rings. The van der Waals surface area contributed by atoms with Gasteiger partial charge in [-0.2, -0.15) is 0 Å². The fourth-order valence-corrected chi connectivity index (χ4v) is 3.49. The molecule has 3 rings (SSSR count). The van der Waals surface area contributed by atoms with E-state index < -0.39 is 0 Å². The summed E-state index contributed by atoms with van der Waals surface area (Å²) in [6.45, 7) is 0. The summed E-state index contributed by atoms with van der Waals surface area (Å²) in [6, 6.07) is 16.9. The monoisotopic (exact) mass is 342 g/mol. The highest BCUT2D eigenvalue weighted by Gasteiger charge is 2.07. The lowest BCUT2D eigenvalue weighted by Gasteiger charge is -2.06. The maximum absolute atomic E-state index is 12.2. The number of anilines is 2. The molecule has 0 bridgehead atoms. The average Bonchev–Trinajstić information content (AvgIpc) is 3.00. The molecule has 1 aromatic heterocycles. The molecule has 3 aromatic rings. The van der Waals surface area contributed by atoms with Gasteiger partial charge in [0.2, 0.25) is 5.13 Å². The Bertz CT molecular complexity index is 787. The molecule has 0 spiro atoms. The van der Waals surface area contributed by atoms with Crippen molar-refractivity contribution in [2.45, 2.75) is 10.1 Å². The fraction of sp³-hybridized carbons (Fsp3) is 0.0625. The van der Waals surface area contributed by atoms with E-state index in [2.05, 4.69) is 15.5 Å². The minimum atomic E-state index is -0.118. The maximum atomic E-state index is 12.2. The molecule has 0 saturated carbocycles. The molecule has 0 saturated heterocycles. The highest BCUT2D eigenvalue weighted by Crippen LogP contribution is 2.26. The second-order valence-electron chi connectivity index (χ2n) is 4.71. The lowest BCUT2D eigenvalue weighted by Crippen LogP contribution is -2.11. The molecule has 1 amide bonds. The van der Waals surface area contributed by atoms with E-state index >= 15 is 0 Å². The normalized spacial score (nSPS) is 10.4. The Labute approximate surface area is 141 Å². The molecule has 7 heteroatoms. The quantitative estimate of drug-likeness (QED) is 0.692. The van der Waals surface area contributed by atoms with Crippen LogP contribution in [0.15, 0.2) is 58.9 Å². The van der Waals surface area contributed by atoms with Gasteiger partial charge >= 0.3 is 0 Å². The van der Waals surface area contributed by atoms with Crippen molar-refractivity contribution in [2.24, 2.45) is 0 Å². The first-order valence-corrected chi connectivity index (χ1v) is 8.68. The van der Waals surface area contributed by atoms with Gasteiger partial charge in [-0.3, -0.25) is 4.79 Å². The van der Waals surface area contributed by atoms with Gasteiger partial charge in [0.15, 0.2) is 4.34 Å². The first kappa shape index (κ1) is 15.5. The highest BCUT2D eigenvalue weighted by atomic mass is 32.2. The number of benzene rings is 2. The average molecular weight is 342 g/mol. The van der Waals surface area contributed by atoms with Crippen molar-refractivity contribution in [3.05, 3.63) is 65.7 Å². The van der Waals surface area contributed by atoms with Crippen molar-refractivity contribution in [3.8, 4) is 0 Å². The Hall–Kier alpha value is -2.38. The summed E-state index contributed by atoms with van der Waals surface area (Å²) in [5.74, 6) is 0.641. The number of rotatable bonds is 5. The number of thioether (sulfide) groups is 1. The molecule has 0 unspecified atom stereocenters. The minimum Gasteiger partial charge on any atom is -0.374 e. The number of carbonyl (C=O) groups is 1. The predicted octanol–water partition coefficient (Wildman–Crippen LogP) is 3.66. The molecule has 1 heterocycles. The van der Waals surface area contributed by atoms with Crippen molar-refractivity contribution in [1.82, 2.24) is 10.2 Å². The van der Waals surface area contributed by atoms with Crippen molar-refractivity contribution in [1.29, 1.82) is 0 Å². The molecule has 0 radical (unpaired) electrons. The molecule has 116 valence electrons. The number of carbonyl (C=O) groups excluding carboxylic acids is 1. The van der Waals surface area contributed by atoms with E-state index in [9.17, 15) is 4.79 Å². The van der Waals surface area contributed by atoms with E-state index in [0.717, 1.165) is 21.3 Å². The van der Waals surface area contributed by atoms with Gasteiger partial charge in [0, 0.05) is 17.0 Å². The van der Waals surface area contributed by atoms with Crippen LogP contribution < -0.4 is 11.1 Å². The van der Waals surface area contributed by atoms with Crippen LogP contribution in [0.4, 0.5) is 10.8 Å². The molecule has 23 heavy (non-hydrogen) atoms. The van der Waals surface area contributed by atoms with Crippen molar-refractivity contribution >= 4 is 39.8 Å². The van der Waals surface area contributed by atoms with Gasteiger partial charge in [0.05, 0.1) is 0 Å². The van der Waals surface area contributed by atoms with E-state index in [1.807, 2.05) is 54.6 Å². The third kappa shape index (κ3) is 4.30. The van der Waals surface area contributed by atoms with Crippen LogP contribution >= 0.6 is 23.1 Å². The van der Waals surface area contributed by atoms with Gasteiger partial charge in [-0.15, -0.1) is 10.2 Å². The molecule has 2 aromatic carbocycles. The standard InChI is InChI=1S/C16H14N4OS2/c17-15-19-20-16(23-15)22-10-11-6-8-12(9-7-11)14(21)18-13-4-2-1-3-5-13/h1-9H,10H2,(H2,17,19)(H,18,21). The van der Waals surface area contributed by atoms with Gasteiger partial charge < -0.3 is 11.1 Å². The largest absolute Gasteiger partial charge is 0.374 e. The Morgan fingerprint density at radius 2 is 1.83 bits per heavy atom. The van der Waals surface area contributed by atoms with Crippen LogP contribution in [0, 0.1) is 0 Å². The summed E-state index contributed by atoms with van der Waals surface area (Å²) in [6.07, 6.45) is 0. The van der Waals surface area contributed by atoms with Crippen LogP contribution in [0.3, 0.4) is 0 Å². The summed E-state index contributed by atoms with van der Waals surface area (Å²) in [7, 11) is 0. The second kappa shape index (κ2) is 7.26. The molecule has 0 aliphatic rings. The van der Waals surface area contributed by atoms with E-state index in [4.69, 9.17) is 5.73 Å². The van der Waals surface area contributed by atoms with Gasteiger partial charge in [0.1, 0.15) is 0 Å². The molecule has 5 nitrogen and oxygen atoms in total. The Balaban J connectivity index is 1.59. The fourth-order valence-electron chi connectivity index (χ4n) is 1.90. The third-order valence-corrected chi connectivity index (χ3v) is 4.99. The number of nitrogens with two attached hydrogens (primary N) is 1. The Morgan fingerprint density at radius 1 is 1.09 bits per heavy atom. The predicted molar refractivity (Wildman–Crippen MR) is 94.7 cm³/mol. The molecular weight excluding hydrogens is 328 g/mol. The van der Waals surface area contributed by atoms with Gasteiger partial charge in [-0.05, 0) is 29.8 Å². The summed E-state index contributed by atoms with van der Waals surface area (Å²) in [5.41, 5.74) is 8.07. The number of amides is 1. The van der Waals surface area contributed by atoms with Gasteiger partial charge in [0.25, 0.3) is 5.91 Å². The van der Waals surface area contributed by atoms with Crippen molar-refractivity contribution < 1.29 is 4.79 Å². The molecule has 0 atom stereocenters. The number of nitrogen functional groups attached to an aromatic ring is 1. The molecule has 0 aliphatic carbocycles. The number of nitrogens with one attached hydrogen (secondary N) is 1. The number of aromatic nitrogens is 2. The molecule has 0 aliphatic heterocycles. The SMILES string of the molecule is Nc1nnc(SCc2ccc(C(=O)Nc3ccccc3)cc2)s1. The van der Waals surface area contributed by atoms with Gasteiger partial charge in [-0.1, -0.05) is 53.4 Å². The van der Waals surface area contributed by atoms with Crippen molar-refractivity contribution in [2.75, 3.05) is 11.1 Å². The maximum Gasteiger partial charge on any atom is 0.255 e. The Morgan fingerprint density at radius 3 is 2.48 bits per heavy atom. The first-order valence-electron chi connectivity index (χ1n) is 6.88. The number of hydrogen-bond acceptors (Lipinski definition) is 6. The van der Waals surface area contributed by atoms with Crippen LogP contribution in [0.1, 0.15) is 15.9 Å². The topological polar surface area (TPSA) is 80.9 Å². The number of para-hydroxylation sites is 1. The summed E-state index contributed by atoms with van der Waals surface area (Å²) in [5, 5.41) is 11.1. The number of hydrogen-bond donors (Lipinski definition) is 2. The van der Waals surface area contributed by atoms with Crippen LogP contribution in [0.25, 0.3) is 0 Å². The van der Waals surface area contributed by atoms with Crippen LogP contribution in [0.5, 0.6) is 0 Å². The third-order valence-electron chi connectivity index (χ3n) is 3.03. The smallest absolute Gasteiger partial charge is 0.255 e. The zero-order valence-electron chi connectivity index (χ0n) is 12.1. The summed E-state index contributed by atoms with van der Waals surface area (Å²) >= 11 is 2.95. The van der Waals surface area contributed by atoms with Crippen LogP contribution in [0.2, 0.25) is 0 Å². The zero-order valence-corrected chi connectivity index (χ0v) is 13.7. The van der Waals surface area contributed by atoms with Gasteiger partial charge in [-0.25, -0.2) is 0 Å². The van der Waals surface area contributed by atoms with Crippen LogP contribution in [-0.2, 0) is 5.75 Å². The molecular formula is C16H14N4OS2. The van der Waals surface area contributed by atoms with E-state index in [0.29, 0.717) is 10.7 Å². The summed E-state index contributed by atoms with van der Waals surface area (Å²) < 4.78 is 0.841. The van der Waals surface area contributed by atoms with Crippen molar-refractivity contribution in [3.63, 3.8) is 0 Å². The summed E-state index contributed by atoms with van der Waals surface area (Å²) in [4.78, 5) is 12.2. The number of nitrogens with zero attached hydrogens (tertiary/aromatic N) is 2. The first-order chi connectivity index (χ1) is 11.2. The van der Waals surface area contributed by atoms with E-state index in [1.54, 1.807) is 11.8 Å². The minimum absolute atomic E-state index is 0.118. The van der Waals surface area contributed by atoms with E-state index in [1.165, 1.54) is 11.3 Å². The Kier molecular flexibility index (Phi) is 4.89. The molecule has 3 N–H and O–H groups in total. The van der Waals surface area contributed by atoms with E-state index in [-0.39, 0.29) is 5.91 Å². The van der Waals surface area contributed by atoms with Crippen LogP contribution in [-0.4, -0.2) is 16.1 Å². The zero-order chi connectivity index (χ0) is 16.1. The second-order valence-corrected chi connectivity index (χ2v) is 6.94. The lowest BCUT2D eigenvalue weighted by molar-refractivity contribution is 0.102. The lowest BCUT2D eigenvalue weighted by atomic mass is 10.1.